The summed E-state index contributed by atoms with van der Waals surface area (Å²) in [5.41, 5.74) is 0. The van der Waals surface area contributed by atoms with E-state index in [9.17, 15) is 0 Å². The summed E-state index contributed by atoms with van der Waals surface area (Å²) < 4.78 is 1.16. The normalized spacial score (nSPS) is 11.3. The molecule has 0 unspecified atom stereocenters. The van der Waals surface area contributed by atoms with E-state index in [0.717, 1.165) is 3.89 Å². The van der Waals surface area contributed by atoms with Crippen molar-refractivity contribution in [2.75, 3.05) is 14.1 Å². The second kappa shape index (κ2) is 3.86. The van der Waals surface area contributed by atoms with Crippen LogP contribution in [0, 0.1) is 0 Å². The van der Waals surface area contributed by atoms with E-state index in [4.69, 9.17) is 12.2 Å². The van der Waals surface area contributed by atoms with Crippen LogP contribution in [0.5, 0.6) is 0 Å². The van der Waals surface area contributed by atoms with Gasteiger partial charge in [0.05, 0.1) is 0 Å². The molecule has 0 saturated heterocycles. The van der Waals surface area contributed by atoms with Crippen LogP contribution in [-0.2, 0) is 0 Å². The average molecular weight is 240 g/mol. The van der Waals surface area contributed by atoms with Crippen molar-refractivity contribution in [1.29, 1.82) is 0 Å². The Hall–Kier alpha value is 0.626. The van der Waals surface area contributed by atoms with Gasteiger partial charge in [0.15, 0.2) is 0 Å². The van der Waals surface area contributed by atoms with E-state index in [1.54, 1.807) is 0 Å². The van der Waals surface area contributed by atoms with Crippen molar-refractivity contribution in [2.45, 2.75) is 19.6 Å². The molecule has 0 aliphatic heterocycles. The molecular formula is C6H15NSSeSi. The minimum absolute atomic E-state index is 0.589. The topological polar surface area (TPSA) is 3.24 Å². The first-order valence-corrected chi connectivity index (χ1v) is 10.5. The summed E-state index contributed by atoms with van der Waals surface area (Å²) in [7, 11) is 4.06. The Labute approximate surface area is 75.8 Å². The summed E-state index contributed by atoms with van der Waals surface area (Å²) in [6.07, 6.45) is 0. The van der Waals surface area contributed by atoms with Crippen molar-refractivity contribution in [3.8, 4) is 0 Å². The van der Waals surface area contributed by atoms with Crippen LogP contribution in [0.25, 0.3) is 0 Å². The molecule has 0 heterocycles. The van der Waals surface area contributed by atoms with Crippen molar-refractivity contribution in [3.05, 3.63) is 0 Å². The summed E-state index contributed by atoms with van der Waals surface area (Å²) in [6, 6.07) is 0. The van der Waals surface area contributed by atoms with Crippen molar-refractivity contribution in [1.82, 2.24) is 4.90 Å². The standard InChI is InChI=1S/C6H15NSSeSi/c1-7(2)6(8)9-10(3,4)5/h1-5H3. The second-order valence-corrected chi connectivity index (χ2v) is 18.6. The summed E-state index contributed by atoms with van der Waals surface area (Å²) in [4.78, 5) is 2.06. The molecule has 0 radical (unpaired) electrons. The molecule has 0 bridgehead atoms. The van der Waals surface area contributed by atoms with E-state index >= 15 is 0 Å². The van der Waals surface area contributed by atoms with Gasteiger partial charge in [0.1, 0.15) is 0 Å². The van der Waals surface area contributed by atoms with Gasteiger partial charge in [-0.05, 0) is 0 Å². The fourth-order valence-corrected chi connectivity index (χ4v) is 9.40. The molecule has 0 aromatic heterocycles. The van der Waals surface area contributed by atoms with Gasteiger partial charge in [0.2, 0.25) is 0 Å². The van der Waals surface area contributed by atoms with Crippen LogP contribution in [0.15, 0.2) is 0 Å². The zero-order chi connectivity index (χ0) is 8.36. The van der Waals surface area contributed by atoms with Gasteiger partial charge >= 0.3 is 75.7 Å². The molecule has 0 amide bonds. The number of hydrogen-bond donors (Lipinski definition) is 0. The van der Waals surface area contributed by atoms with Crippen LogP contribution in [-0.4, -0.2) is 43.9 Å². The minimum atomic E-state index is -0.903. The Morgan fingerprint density at radius 3 is 1.80 bits per heavy atom. The van der Waals surface area contributed by atoms with Gasteiger partial charge in [-0.25, -0.2) is 0 Å². The quantitative estimate of drug-likeness (QED) is 0.530. The average Bonchev–Trinajstić information content (AvgIpc) is 1.60. The van der Waals surface area contributed by atoms with Gasteiger partial charge in [-0.3, -0.25) is 0 Å². The maximum atomic E-state index is 5.21. The Bertz CT molecular complexity index is 130. The van der Waals surface area contributed by atoms with Gasteiger partial charge in [0.25, 0.3) is 0 Å². The molecule has 1 nitrogen and oxygen atoms in total. The molecule has 0 aromatic rings. The first-order valence-electron chi connectivity index (χ1n) is 3.23. The molecule has 0 aromatic carbocycles. The van der Waals surface area contributed by atoms with Gasteiger partial charge in [-0.2, -0.15) is 0 Å². The number of rotatable bonds is 2. The SMILES string of the molecule is CN(C)C(=S)[Se][Si](C)(C)C. The summed E-state index contributed by atoms with van der Waals surface area (Å²) >= 11 is 5.80. The maximum absolute atomic E-state index is 5.21. The van der Waals surface area contributed by atoms with Crippen LogP contribution in [0.4, 0.5) is 0 Å². The molecule has 0 fully saturated rings. The summed E-state index contributed by atoms with van der Waals surface area (Å²) in [6.45, 7) is 6.19. The summed E-state index contributed by atoms with van der Waals surface area (Å²) in [5.74, 6) is 0. The fourth-order valence-electron chi connectivity index (χ4n) is 0.353. The zero-order valence-corrected chi connectivity index (χ0v) is 10.8. The third-order valence-electron chi connectivity index (χ3n) is 0.759. The Morgan fingerprint density at radius 1 is 1.30 bits per heavy atom. The molecule has 0 aliphatic carbocycles. The molecule has 4 heteroatoms. The summed E-state index contributed by atoms with van der Waals surface area (Å²) in [5, 5.41) is 0. The molecule has 0 aliphatic rings. The molecular weight excluding hydrogens is 225 g/mol. The van der Waals surface area contributed by atoms with E-state index in [0.29, 0.717) is 14.3 Å². The van der Waals surface area contributed by atoms with E-state index in [2.05, 4.69) is 24.5 Å². The first kappa shape index (κ1) is 10.6. The molecule has 0 N–H and O–H groups in total. The molecule has 10 heavy (non-hydrogen) atoms. The molecule has 0 rings (SSSR count). The van der Waals surface area contributed by atoms with Gasteiger partial charge in [-0.15, -0.1) is 0 Å². The van der Waals surface area contributed by atoms with Crippen molar-refractivity contribution >= 4 is 37.1 Å². The molecule has 0 saturated carbocycles. The monoisotopic (exact) mass is 241 g/mol. The third kappa shape index (κ3) is 5.41. The zero-order valence-electron chi connectivity index (χ0n) is 7.26. The Kier molecular flexibility index (Phi) is 4.10. The van der Waals surface area contributed by atoms with E-state index in [-0.39, 0.29) is 0 Å². The van der Waals surface area contributed by atoms with E-state index < -0.39 is 6.68 Å². The number of thiocarbonyl (C=S) groups is 1. The van der Waals surface area contributed by atoms with Crippen LogP contribution in [0.2, 0.25) is 19.6 Å². The molecule has 0 atom stereocenters. The number of nitrogens with zero attached hydrogens (tertiary/aromatic N) is 1. The van der Waals surface area contributed by atoms with Gasteiger partial charge in [-0.1, -0.05) is 0 Å². The van der Waals surface area contributed by atoms with E-state index in [1.807, 2.05) is 14.1 Å². The van der Waals surface area contributed by atoms with Crippen LogP contribution in [0.3, 0.4) is 0 Å². The van der Waals surface area contributed by atoms with Crippen LogP contribution >= 0.6 is 12.2 Å². The van der Waals surface area contributed by atoms with Gasteiger partial charge < -0.3 is 0 Å². The van der Waals surface area contributed by atoms with Gasteiger partial charge in [0, 0.05) is 0 Å². The number of hydrogen-bond acceptors (Lipinski definition) is 1. The van der Waals surface area contributed by atoms with Crippen molar-refractivity contribution in [2.24, 2.45) is 0 Å². The Morgan fingerprint density at radius 2 is 1.70 bits per heavy atom. The molecule has 0 spiro atoms. The van der Waals surface area contributed by atoms with E-state index in [1.165, 1.54) is 0 Å². The second-order valence-electron chi connectivity index (χ2n) is 3.37. The van der Waals surface area contributed by atoms with Crippen molar-refractivity contribution < 1.29 is 0 Å². The molecule has 60 valence electrons. The van der Waals surface area contributed by atoms with Crippen LogP contribution < -0.4 is 0 Å². The van der Waals surface area contributed by atoms with Crippen molar-refractivity contribution in [3.63, 3.8) is 0 Å². The Balaban J connectivity index is 3.81. The van der Waals surface area contributed by atoms with Crippen LogP contribution in [0.1, 0.15) is 0 Å². The fraction of sp³-hybridized carbons (Fsp3) is 0.833. The predicted molar refractivity (Wildman–Crippen MR) is 55.4 cm³/mol. The first-order chi connectivity index (χ1) is 4.33. The third-order valence-corrected chi connectivity index (χ3v) is 8.93. The predicted octanol–water partition coefficient (Wildman–Crippen LogP) is 1.37.